The summed E-state index contributed by atoms with van der Waals surface area (Å²) < 4.78 is 5.46. The Balaban J connectivity index is 1.51. The van der Waals surface area contributed by atoms with Gasteiger partial charge in [-0.05, 0) is 55.3 Å². The molecule has 8 heteroatoms. The van der Waals surface area contributed by atoms with Crippen molar-refractivity contribution in [1.29, 1.82) is 0 Å². The third kappa shape index (κ3) is 5.85. The average Bonchev–Trinajstić information content (AvgIpc) is 3.14. The van der Waals surface area contributed by atoms with Gasteiger partial charge in [-0.25, -0.2) is 4.79 Å². The molecule has 1 aliphatic rings. The number of urea groups is 1. The van der Waals surface area contributed by atoms with E-state index >= 15 is 0 Å². The number of ether oxygens (including phenoxy) is 1. The third-order valence-corrected chi connectivity index (χ3v) is 4.48. The Morgan fingerprint density at radius 2 is 1.63 bits per heavy atom. The predicted octanol–water partition coefficient (Wildman–Crippen LogP) is 4.55. The number of carbonyl (C=O) groups is 2. The lowest BCUT2D eigenvalue weighted by molar-refractivity contribution is 0.102. The number of rotatable bonds is 5. The van der Waals surface area contributed by atoms with E-state index in [1.807, 2.05) is 0 Å². The van der Waals surface area contributed by atoms with Crippen LogP contribution in [0.1, 0.15) is 23.2 Å². The number of hydrogen-bond donors (Lipinski definition) is 3. The van der Waals surface area contributed by atoms with Gasteiger partial charge in [0.25, 0.3) is 5.91 Å². The summed E-state index contributed by atoms with van der Waals surface area (Å²) in [6.45, 7) is 1.24. The predicted molar refractivity (Wildman–Crippen MR) is 107 cm³/mol. The second-order valence-corrected chi connectivity index (χ2v) is 7.03. The van der Waals surface area contributed by atoms with Gasteiger partial charge in [-0.2, -0.15) is 0 Å². The number of hydrogen-bond acceptors (Lipinski definition) is 3. The van der Waals surface area contributed by atoms with E-state index in [9.17, 15) is 9.59 Å². The molecule has 0 radical (unpaired) electrons. The van der Waals surface area contributed by atoms with Crippen LogP contribution < -0.4 is 16.0 Å². The first-order valence-corrected chi connectivity index (χ1v) is 9.29. The molecule has 3 rings (SSSR count). The van der Waals surface area contributed by atoms with Gasteiger partial charge in [0.05, 0.1) is 6.10 Å². The van der Waals surface area contributed by atoms with Crippen LogP contribution >= 0.6 is 23.2 Å². The van der Waals surface area contributed by atoms with Gasteiger partial charge in [0, 0.05) is 40.1 Å². The Hall–Kier alpha value is -2.28. The lowest BCUT2D eigenvalue weighted by Crippen LogP contribution is -2.35. The van der Waals surface area contributed by atoms with Crippen molar-refractivity contribution in [3.63, 3.8) is 0 Å². The van der Waals surface area contributed by atoms with Crippen molar-refractivity contribution in [3.05, 3.63) is 58.1 Å². The number of nitrogens with one attached hydrogen (secondary N) is 3. The van der Waals surface area contributed by atoms with Crippen molar-refractivity contribution in [2.75, 3.05) is 23.8 Å². The molecule has 3 amide bonds. The molecule has 142 valence electrons. The van der Waals surface area contributed by atoms with Crippen LogP contribution in [0.15, 0.2) is 42.5 Å². The highest BCUT2D eigenvalue weighted by Crippen LogP contribution is 2.21. The fourth-order valence-electron chi connectivity index (χ4n) is 2.71. The normalized spacial score (nSPS) is 16.0. The average molecular weight is 408 g/mol. The van der Waals surface area contributed by atoms with Gasteiger partial charge in [0.1, 0.15) is 0 Å². The first-order chi connectivity index (χ1) is 13.0. The van der Waals surface area contributed by atoms with Crippen LogP contribution in [0.5, 0.6) is 0 Å². The smallest absolute Gasteiger partial charge is 0.319 e. The Morgan fingerprint density at radius 3 is 2.22 bits per heavy atom. The van der Waals surface area contributed by atoms with Crippen LogP contribution in [-0.4, -0.2) is 31.2 Å². The van der Waals surface area contributed by atoms with Crippen LogP contribution in [0.3, 0.4) is 0 Å². The fourth-order valence-corrected chi connectivity index (χ4v) is 3.24. The maximum absolute atomic E-state index is 12.3. The van der Waals surface area contributed by atoms with Crippen molar-refractivity contribution >= 4 is 46.5 Å². The molecule has 0 spiro atoms. The molecule has 0 aromatic heterocycles. The van der Waals surface area contributed by atoms with Gasteiger partial charge in [-0.1, -0.05) is 23.2 Å². The summed E-state index contributed by atoms with van der Waals surface area (Å²) in [5.41, 5.74) is 1.56. The Bertz CT molecular complexity index is 801. The van der Waals surface area contributed by atoms with Gasteiger partial charge >= 0.3 is 6.03 Å². The Morgan fingerprint density at radius 1 is 1.00 bits per heavy atom. The highest BCUT2D eigenvalue weighted by molar-refractivity contribution is 6.35. The van der Waals surface area contributed by atoms with Crippen LogP contribution in [-0.2, 0) is 4.74 Å². The maximum Gasteiger partial charge on any atom is 0.319 e. The van der Waals surface area contributed by atoms with Gasteiger partial charge in [-0.3, -0.25) is 4.79 Å². The monoisotopic (exact) mass is 407 g/mol. The fraction of sp³-hybridized carbons (Fsp3) is 0.263. The van der Waals surface area contributed by atoms with Crippen molar-refractivity contribution in [1.82, 2.24) is 5.32 Å². The molecule has 1 saturated heterocycles. The zero-order valence-corrected chi connectivity index (χ0v) is 15.9. The van der Waals surface area contributed by atoms with Gasteiger partial charge < -0.3 is 20.7 Å². The molecule has 2 aromatic carbocycles. The molecule has 1 atom stereocenters. The topological polar surface area (TPSA) is 79.5 Å². The summed E-state index contributed by atoms with van der Waals surface area (Å²) in [5, 5.41) is 9.06. The molecule has 0 bridgehead atoms. The number of carbonyl (C=O) groups excluding carboxylic acids is 2. The molecule has 1 unspecified atom stereocenters. The summed E-state index contributed by atoms with van der Waals surface area (Å²) in [4.78, 5) is 24.2. The lowest BCUT2D eigenvalue weighted by atomic mass is 10.2. The zero-order valence-electron chi connectivity index (χ0n) is 14.4. The molecule has 1 heterocycles. The van der Waals surface area contributed by atoms with E-state index < -0.39 is 0 Å². The molecular weight excluding hydrogens is 389 g/mol. The summed E-state index contributed by atoms with van der Waals surface area (Å²) >= 11 is 11.8. The first kappa shape index (κ1) is 19.5. The van der Waals surface area contributed by atoms with Crippen molar-refractivity contribution < 1.29 is 14.3 Å². The van der Waals surface area contributed by atoms with Crippen LogP contribution in [0.4, 0.5) is 16.2 Å². The largest absolute Gasteiger partial charge is 0.376 e. The van der Waals surface area contributed by atoms with Crippen molar-refractivity contribution in [2.45, 2.75) is 18.9 Å². The molecule has 2 aromatic rings. The van der Waals surface area contributed by atoms with E-state index in [1.54, 1.807) is 30.3 Å². The van der Waals surface area contributed by atoms with Crippen molar-refractivity contribution in [3.8, 4) is 0 Å². The number of benzene rings is 2. The minimum absolute atomic E-state index is 0.0910. The highest BCUT2D eigenvalue weighted by atomic mass is 35.5. The molecule has 0 saturated carbocycles. The lowest BCUT2D eigenvalue weighted by Gasteiger charge is -2.12. The first-order valence-electron chi connectivity index (χ1n) is 8.53. The Kier molecular flexibility index (Phi) is 6.55. The molecule has 0 aliphatic carbocycles. The maximum atomic E-state index is 12.3. The molecule has 3 N–H and O–H groups in total. The van der Waals surface area contributed by atoms with Gasteiger partial charge in [-0.15, -0.1) is 0 Å². The van der Waals surface area contributed by atoms with Crippen LogP contribution in [0.25, 0.3) is 0 Å². The number of halogens is 2. The molecule has 1 fully saturated rings. The minimum Gasteiger partial charge on any atom is -0.376 e. The van der Waals surface area contributed by atoms with Crippen LogP contribution in [0.2, 0.25) is 10.0 Å². The Labute approximate surface area is 167 Å². The van der Waals surface area contributed by atoms with E-state index in [1.165, 1.54) is 12.1 Å². The summed E-state index contributed by atoms with van der Waals surface area (Å²) in [7, 11) is 0. The summed E-state index contributed by atoms with van der Waals surface area (Å²) in [5.74, 6) is -0.325. The second-order valence-electron chi connectivity index (χ2n) is 6.16. The zero-order chi connectivity index (χ0) is 19.2. The second kappa shape index (κ2) is 9.08. The van der Waals surface area contributed by atoms with Gasteiger partial charge in [0.15, 0.2) is 0 Å². The van der Waals surface area contributed by atoms with E-state index in [2.05, 4.69) is 16.0 Å². The number of amides is 3. The highest BCUT2D eigenvalue weighted by Gasteiger charge is 2.16. The quantitative estimate of drug-likeness (QED) is 0.679. The summed E-state index contributed by atoms with van der Waals surface area (Å²) in [6.07, 6.45) is 2.09. The van der Waals surface area contributed by atoms with E-state index in [0.29, 0.717) is 33.5 Å². The van der Waals surface area contributed by atoms with Crippen molar-refractivity contribution in [2.24, 2.45) is 0 Å². The van der Waals surface area contributed by atoms with Gasteiger partial charge in [0.2, 0.25) is 0 Å². The minimum atomic E-state index is -0.325. The SMILES string of the molecule is O=C(NCC1CCCO1)Nc1ccc(NC(=O)c2cc(Cl)cc(Cl)c2)cc1. The van der Waals surface area contributed by atoms with Crippen LogP contribution in [0, 0.1) is 0 Å². The molecule has 1 aliphatic heterocycles. The third-order valence-electron chi connectivity index (χ3n) is 4.04. The standard InChI is InChI=1S/C19H19Cl2N3O3/c20-13-8-12(9-14(21)10-13)18(25)23-15-3-5-16(6-4-15)24-19(26)22-11-17-2-1-7-27-17/h3-6,8-10,17H,1-2,7,11H2,(H,23,25)(H2,22,24,26). The van der Waals surface area contributed by atoms with E-state index in [-0.39, 0.29) is 18.0 Å². The molecule has 6 nitrogen and oxygen atoms in total. The summed E-state index contributed by atoms with van der Waals surface area (Å²) in [6, 6.07) is 11.1. The number of anilines is 2. The van der Waals surface area contributed by atoms with E-state index in [0.717, 1.165) is 19.4 Å². The molecular formula is C19H19Cl2N3O3. The van der Waals surface area contributed by atoms with E-state index in [4.69, 9.17) is 27.9 Å². The molecule has 27 heavy (non-hydrogen) atoms.